The van der Waals surface area contributed by atoms with Gasteiger partial charge in [0.15, 0.2) is 11.5 Å². The zero-order chi connectivity index (χ0) is 12.8. The van der Waals surface area contributed by atoms with Crippen molar-refractivity contribution in [1.82, 2.24) is 0 Å². The molecule has 2 nitrogen and oxygen atoms in total. The van der Waals surface area contributed by atoms with Gasteiger partial charge in [0.25, 0.3) is 0 Å². The van der Waals surface area contributed by atoms with E-state index in [-0.39, 0.29) is 0 Å². The van der Waals surface area contributed by atoms with Crippen LogP contribution in [-0.4, -0.2) is 13.2 Å². The van der Waals surface area contributed by atoms with Gasteiger partial charge in [-0.15, -0.1) is 11.6 Å². The molecular weight excluding hydrogens is 248 g/mol. The standard InChI is InChI=1S/C15H21ClO2/c1-17-14-9-8-12(11-16)10-15(14)18-13-6-4-2-3-5-7-13/h8-10,13H,2-7,11H2,1H3. The Hall–Kier alpha value is -0.890. The monoisotopic (exact) mass is 268 g/mol. The van der Waals surface area contributed by atoms with Crippen LogP contribution in [0, 0.1) is 0 Å². The van der Waals surface area contributed by atoms with Gasteiger partial charge in [-0.1, -0.05) is 18.9 Å². The molecule has 100 valence electrons. The number of benzene rings is 1. The molecule has 0 N–H and O–H groups in total. The highest BCUT2D eigenvalue weighted by molar-refractivity contribution is 6.17. The van der Waals surface area contributed by atoms with E-state index >= 15 is 0 Å². The molecular formula is C15H21ClO2. The second-order valence-corrected chi connectivity index (χ2v) is 5.12. The molecule has 0 atom stereocenters. The molecule has 1 saturated carbocycles. The fourth-order valence-corrected chi connectivity index (χ4v) is 2.60. The van der Waals surface area contributed by atoms with Crippen LogP contribution in [0.15, 0.2) is 18.2 Å². The summed E-state index contributed by atoms with van der Waals surface area (Å²) in [6.45, 7) is 0. The lowest BCUT2D eigenvalue weighted by Crippen LogP contribution is -2.15. The Kier molecular flexibility index (Phi) is 5.18. The van der Waals surface area contributed by atoms with Crippen LogP contribution in [-0.2, 0) is 5.88 Å². The lowest BCUT2D eigenvalue weighted by molar-refractivity contribution is 0.176. The van der Waals surface area contributed by atoms with E-state index in [1.807, 2.05) is 18.2 Å². The number of hydrogen-bond donors (Lipinski definition) is 0. The van der Waals surface area contributed by atoms with Crippen molar-refractivity contribution in [2.75, 3.05) is 7.11 Å². The third-order valence-electron chi connectivity index (χ3n) is 3.48. The third kappa shape index (κ3) is 3.55. The summed E-state index contributed by atoms with van der Waals surface area (Å²) in [7, 11) is 1.68. The van der Waals surface area contributed by atoms with Gasteiger partial charge in [0.1, 0.15) is 0 Å². The summed E-state index contributed by atoms with van der Waals surface area (Å²) < 4.78 is 11.5. The topological polar surface area (TPSA) is 18.5 Å². The maximum Gasteiger partial charge on any atom is 0.161 e. The second kappa shape index (κ2) is 6.89. The molecule has 0 aromatic heterocycles. The zero-order valence-corrected chi connectivity index (χ0v) is 11.7. The lowest BCUT2D eigenvalue weighted by atomic mass is 10.1. The van der Waals surface area contributed by atoms with E-state index in [0.29, 0.717) is 12.0 Å². The van der Waals surface area contributed by atoms with Crippen molar-refractivity contribution in [3.8, 4) is 11.5 Å². The Bertz CT molecular complexity index is 371. The molecule has 18 heavy (non-hydrogen) atoms. The Morgan fingerprint density at radius 1 is 1.11 bits per heavy atom. The average molecular weight is 269 g/mol. The molecule has 1 aliphatic carbocycles. The van der Waals surface area contributed by atoms with E-state index < -0.39 is 0 Å². The Labute approximate surface area is 114 Å². The molecule has 1 fully saturated rings. The van der Waals surface area contributed by atoms with Crippen LogP contribution in [0.4, 0.5) is 0 Å². The molecule has 0 heterocycles. The largest absolute Gasteiger partial charge is 0.493 e. The maximum atomic E-state index is 6.12. The van der Waals surface area contributed by atoms with Gasteiger partial charge >= 0.3 is 0 Å². The highest BCUT2D eigenvalue weighted by atomic mass is 35.5. The molecule has 3 heteroatoms. The molecule has 0 radical (unpaired) electrons. The van der Waals surface area contributed by atoms with Crippen LogP contribution in [0.3, 0.4) is 0 Å². The van der Waals surface area contributed by atoms with E-state index in [4.69, 9.17) is 21.1 Å². The highest BCUT2D eigenvalue weighted by Gasteiger charge is 2.16. The zero-order valence-electron chi connectivity index (χ0n) is 11.0. The molecule has 1 aromatic carbocycles. The summed E-state index contributed by atoms with van der Waals surface area (Å²) >= 11 is 5.87. The predicted octanol–water partition coefficient (Wildman–Crippen LogP) is 4.54. The smallest absolute Gasteiger partial charge is 0.161 e. The van der Waals surface area contributed by atoms with Crippen LogP contribution >= 0.6 is 11.6 Å². The molecule has 0 aliphatic heterocycles. The predicted molar refractivity (Wildman–Crippen MR) is 74.7 cm³/mol. The minimum Gasteiger partial charge on any atom is -0.493 e. The minimum atomic E-state index is 0.326. The van der Waals surface area contributed by atoms with E-state index in [2.05, 4.69) is 0 Å². The summed E-state index contributed by atoms with van der Waals surface area (Å²) in [6.07, 6.45) is 7.82. The Morgan fingerprint density at radius 3 is 2.44 bits per heavy atom. The molecule has 0 amide bonds. The van der Waals surface area contributed by atoms with Crippen molar-refractivity contribution in [2.24, 2.45) is 0 Å². The van der Waals surface area contributed by atoms with Gasteiger partial charge in [-0.2, -0.15) is 0 Å². The molecule has 1 aromatic rings. The van der Waals surface area contributed by atoms with Crippen molar-refractivity contribution in [3.05, 3.63) is 23.8 Å². The average Bonchev–Trinajstić information content (AvgIpc) is 2.67. The Morgan fingerprint density at radius 2 is 1.83 bits per heavy atom. The van der Waals surface area contributed by atoms with Crippen LogP contribution in [0.2, 0.25) is 0 Å². The summed E-state index contributed by atoms with van der Waals surface area (Å²) in [5, 5.41) is 0. The number of alkyl halides is 1. The first kappa shape index (κ1) is 13.5. The van der Waals surface area contributed by atoms with Gasteiger partial charge in [-0.25, -0.2) is 0 Å². The fraction of sp³-hybridized carbons (Fsp3) is 0.600. The second-order valence-electron chi connectivity index (χ2n) is 4.85. The summed E-state index contributed by atoms with van der Waals surface area (Å²) in [4.78, 5) is 0. The number of rotatable bonds is 4. The first-order valence-corrected chi connectivity index (χ1v) is 7.26. The SMILES string of the molecule is COc1ccc(CCl)cc1OC1CCCCCC1. The van der Waals surface area contributed by atoms with Crippen molar-refractivity contribution in [1.29, 1.82) is 0 Å². The van der Waals surface area contributed by atoms with Crippen molar-refractivity contribution >= 4 is 11.6 Å². The number of halogens is 1. The third-order valence-corrected chi connectivity index (χ3v) is 3.79. The van der Waals surface area contributed by atoms with E-state index in [0.717, 1.165) is 29.9 Å². The number of methoxy groups -OCH3 is 1. The summed E-state index contributed by atoms with van der Waals surface area (Å²) in [5.41, 5.74) is 1.07. The molecule has 0 bridgehead atoms. The van der Waals surface area contributed by atoms with Crippen molar-refractivity contribution in [3.63, 3.8) is 0 Å². The van der Waals surface area contributed by atoms with Gasteiger partial charge in [-0.05, 0) is 43.4 Å². The van der Waals surface area contributed by atoms with Crippen LogP contribution in [0.25, 0.3) is 0 Å². The fourth-order valence-electron chi connectivity index (χ4n) is 2.44. The van der Waals surface area contributed by atoms with Gasteiger partial charge in [0.05, 0.1) is 13.2 Å². The normalized spacial score (nSPS) is 17.2. The van der Waals surface area contributed by atoms with Crippen LogP contribution in [0.1, 0.15) is 44.1 Å². The number of hydrogen-bond acceptors (Lipinski definition) is 2. The van der Waals surface area contributed by atoms with Gasteiger partial charge in [0, 0.05) is 5.88 Å². The lowest BCUT2D eigenvalue weighted by Gasteiger charge is -2.19. The van der Waals surface area contributed by atoms with Gasteiger partial charge < -0.3 is 9.47 Å². The first-order chi connectivity index (χ1) is 8.83. The van der Waals surface area contributed by atoms with Crippen molar-refractivity contribution < 1.29 is 9.47 Å². The van der Waals surface area contributed by atoms with E-state index in [1.165, 1.54) is 25.7 Å². The minimum absolute atomic E-state index is 0.326. The van der Waals surface area contributed by atoms with E-state index in [9.17, 15) is 0 Å². The molecule has 0 unspecified atom stereocenters. The van der Waals surface area contributed by atoms with Crippen LogP contribution in [0.5, 0.6) is 11.5 Å². The molecule has 1 aliphatic rings. The Balaban J connectivity index is 2.10. The quantitative estimate of drug-likeness (QED) is 0.590. The van der Waals surface area contributed by atoms with Gasteiger partial charge in [-0.3, -0.25) is 0 Å². The first-order valence-electron chi connectivity index (χ1n) is 6.73. The maximum absolute atomic E-state index is 6.12. The van der Waals surface area contributed by atoms with E-state index in [1.54, 1.807) is 7.11 Å². The van der Waals surface area contributed by atoms with Crippen LogP contribution < -0.4 is 9.47 Å². The summed E-state index contributed by atoms with van der Waals surface area (Å²) in [6, 6.07) is 5.91. The molecule has 2 rings (SSSR count). The molecule has 0 spiro atoms. The number of ether oxygens (including phenoxy) is 2. The molecule has 0 saturated heterocycles. The van der Waals surface area contributed by atoms with Gasteiger partial charge in [0.2, 0.25) is 0 Å². The summed E-state index contributed by atoms with van der Waals surface area (Å²) in [5.74, 6) is 2.14. The highest BCUT2D eigenvalue weighted by Crippen LogP contribution is 2.32. The van der Waals surface area contributed by atoms with Crippen molar-refractivity contribution in [2.45, 2.75) is 50.5 Å².